The van der Waals surface area contributed by atoms with Gasteiger partial charge in [-0.25, -0.2) is 18.0 Å². The number of benzene rings is 2. The summed E-state index contributed by atoms with van der Waals surface area (Å²) < 4.78 is 75.0. The molecule has 1 aliphatic rings. The molecule has 0 aromatic heterocycles. The summed E-state index contributed by atoms with van der Waals surface area (Å²) in [5.41, 5.74) is 6.26. The summed E-state index contributed by atoms with van der Waals surface area (Å²) in [5, 5.41) is 20.1. The molecule has 6 N–H and O–H groups in total. The molecule has 53 heavy (non-hydrogen) atoms. The Morgan fingerprint density at radius 3 is 2.08 bits per heavy atom. The molecule has 0 unspecified atom stereocenters. The molecule has 2 amide bonds. The van der Waals surface area contributed by atoms with E-state index in [0.29, 0.717) is 24.2 Å². The van der Waals surface area contributed by atoms with Gasteiger partial charge in [0.15, 0.2) is 0 Å². The van der Waals surface area contributed by atoms with E-state index in [2.05, 4.69) is 10.6 Å². The second-order valence-electron chi connectivity index (χ2n) is 11.1. The molecular weight excluding hydrogens is 731 g/mol. The van der Waals surface area contributed by atoms with Gasteiger partial charge >= 0.3 is 24.1 Å². The van der Waals surface area contributed by atoms with Crippen molar-refractivity contribution in [2.45, 2.75) is 57.1 Å². The normalized spacial score (nSPS) is 13.8. The number of esters is 2. The number of carboxylic acid groups (broad SMARTS) is 1. The van der Waals surface area contributed by atoms with E-state index in [4.69, 9.17) is 35.3 Å². The van der Waals surface area contributed by atoms with Crippen LogP contribution in [-0.2, 0) is 38.7 Å². The average molecular weight is 772 g/mol. The van der Waals surface area contributed by atoms with E-state index in [0.717, 1.165) is 12.8 Å². The van der Waals surface area contributed by atoms with E-state index < -0.39 is 52.0 Å². The van der Waals surface area contributed by atoms with Crippen LogP contribution < -0.4 is 21.1 Å². The number of amides is 2. The number of nitrogen functional groups attached to an aromatic ring is 1. The topological polar surface area (TPSA) is 245 Å². The molecule has 1 aliphatic heterocycles. The molecule has 1 fully saturated rings. The van der Waals surface area contributed by atoms with Gasteiger partial charge in [0.2, 0.25) is 15.9 Å². The Bertz CT molecular complexity index is 1790. The van der Waals surface area contributed by atoms with Gasteiger partial charge < -0.3 is 35.7 Å². The molecular formula is C33H40F3N5O11S. The number of hydrogen-bond donors (Lipinski definition) is 5. The molecule has 0 bridgehead atoms. The van der Waals surface area contributed by atoms with Crippen LogP contribution in [0.15, 0.2) is 53.1 Å². The molecule has 1 heterocycles. The van der Waals surface area contributed by atoms with E-state index in [-0.39, 0.29) is 54.0 Å². The lowest BCUT2D eigenvalue weighted by atomic mass is 10.1. The number of aliphatic carboxylic acids is 1. The second-order valence-corrected chi connectivity index (χ2v) is 13.0. The number of sulfonamides is 1. The van der Waals surface area contributed by atoms with Gasteiger partial charge in [0.25, 0.3) is 5.91 Å². The largest absolute Gasteiger partial charge is 0.491 e. The van der Waals surface area contributed by atoms with Crippen molar-refractivity contribution in [2.24, 2.45) is 5.73 Å². The minimum Gasteiger partial charge on any atom is -0.491 e. The zero-order chi connectivity index (χ0) is 39.9. The van der Waals surface area contributed by atoms with Gasteiger partial charge in [-0.05, 0) is 63.1 Å². The Morgan fingerprint density at radius 1 is 1.00 bits per heavy atom. The number of nitrogens with zero attached hydrogens (tertiary/aromatic N) is 1. The quantitative estimate of drug-likeness (QED) is 0.0759. The van der Waals surface area contributed by atoms with Crippen molar-refractivity contribution in [1.82, 2.24) is 14.9 Å². The summed E-state index contributed by atoms with van der Waals surface area (Å²) in [4.78, 5) is 58.8. The van der Waals surface area contributed by atoms with Crippen molar-refractivity contribution in [3.63, 3.8) is 0 Å². The highest BCUT2D eigenvalue weighted by Crippen LogP contribution is 2.25. The molecule has 1 saturated heterocycles. The summed E-state index contributed by atoms with van der Waals surface area (Å²) in [7, 11) is -3.66. The number of carbonyl (C=O) groups excluding carboxylic acids is 4. The van der Waals surface area contributed by atoms with Crippen LogP contribution in [0.3, 0.4) is 0 Å². The van der Waals surface area contributed by atoms with Gasteiger partial charge in [-0.2, -0.15) is 17.5 Å². The Labute approximate surface area is 303 Å². The fourth-order valence-corrected chi connectivity index (χ4v) is 6.05. The number of nitrogens with two attached hydrogens (primary N) is 1. The lowest BCUT2D eigenvalue weighted by Crippen LogP contribution is -2.41. The zero-order valence-corrected chi connectivity index (χ0v) is 29.8. The SMILES string of the molecule is CCOC(=O)C[C@@H](COc1cc(C(=N)N)ccc1C=C(NC(C)=O)C(=O)OCC)NC(=O)c1ccc(S(=O)(=O)N2CCCC2)cc1.O=C(O)C(F)(F)F. The van der Waals surface area contributed by atoms with Crippen molar-refractivity contribution >= 4 is 51.7 Å². The Balaban J connectivity index is 0.00000126. The highest BCUT2D eigenvalue weighted by Gasteiger charge is 2.38. The molecule has 3 rings (SSSR count). The van der Waals surface area contributed by atoms with E-state index in [1.165, 1.54) is 59.8 Å². The first-order valence-electron chi connectivity index (χ1n) is 15.9. The van der Waals surface area contributed by atoms with Gasteiger partial charge in [0.05, 0.1) is 30.6 Å². The van der Waals surface area contributed by atoms with Crippen LogP contribution in [0.2, 0.25) is 0 Å². The second kappa shape index (κ2) is 19.9. The number of halogens is 3. The summed E-state index contributed by atoms with van der Waals surface area (Å²) >= 11 is 0. The van der Waals surface area contributed by atoms with Gasteiger partial charge in [-0.1, -0.05) is 12.1 Å². The highest BCUT2D eigenvalue weighted by molar-refractivity contribution is 7.89. The fraction of sp³-hybridized carbons (Fsp3) is 0.394. The number of amidine groups is 1. The fourth-order valence-electron chi connectivity index (χ4n) is 4.53. The third kappa shape index (κ3) is 13.9. The summed E-state index contributed by atoms with van der Waals surface area (Å²) in [6.45, 7) is 5.30. The van der Waals surface area contributed by atoms with Gasteiger partial charge in [0.1, 0.15) is 23.9 Å². The van der Waals surface area contributed by atoms with Crippen LogP contribution in [0.25, 0.3) is 6.08 Å². The molecule has 290 valence electrons. The predicted octanol–water partition coefficient (Wildman–Crippen LogP) is 2.56. The Hall–Kier alpha value is -5.50. The molecule has 2 aromatic rings. The molecule has 1 atom stereocenters. The first-order chi connectivity index (χ1) is 24.8. The number of ether oxygens (including phenoxy) is 3. The monoisotopic (exact) mass is 771 g/mol. The molecule has 0 spiro atoms. The summed E-state index contributed by atoms with van der Waals surface area (Å²) in [6, 6.07) is 9.05. The van der Waals surface area contributed by atoms with Crippen molar-refractivity contribution in [3.05, 3.63) is 64.9 Å². The molecule has 0 aliphatic carbocycles. The van der Waals surface area contributed by atoms with Crippen LogP contribution in [-0.4, -0.2) is 98.5 Å². The molecule has 20 heteroatoms. The van der Waals surface area contributed by atoms with Crippen molar-refractivity contribution in [3.8, 4) is 5.75 Å². The minimum absolute atomic E-state index is 0.0641. The number of nitrogens with one attached hydrogen (secondary N) is 3. The number of carbonyl (C=O) groups is 5. The lowest BCUT2D eigenvalue weighted by Gasteiger charge is -2.20. The van der Waals surface area contributed by atoms with Gasteiger partial charge in [-0.15, -0.1) is 0 Å². The number of carboxylic acids is 1. The van der Waals surface area contributed by atoms with Crippen LogP contribution in [0.4, 0.5) is 13.2 Å². The predicted molar refractivity (Wildman–Crippen MR) is 182 cm³/mol. The number of rotatable bonds is 15. The number of alkyl halides is 3. The first kappa shape index (κ1) is 43.7. The van der Waals surface area contributed by atoms with E-state index in [9.17, 15) is 40.8 Å². The van der Waals surface area contributed by atoms with Crippen molar-refractivity contribution in [1.29, 1.82) is 5.41 Å². The van der Waals surface area contributed by atoms with Crippen LogP contribution in [0.1, 0.15) is 61.5 Å². The molecule has 2 aromatic carbocycles. The molecule has 0 radical (unpaired) electrons. The highest BCUT2D eigenvalue weighted by atomic mass is 32.2. The standard InChI is InChI=1S/C31H39N5O9S.C2HF3O2/c1-4-43-28(38)18-24(35-30(39)21-10-12-25(13-11-21)46(41,42)36-14-6-7-15-36)19-45-27-17-23(29(32)33)9-8-22(27)16-26(34-20(3)37)31(40)44-5-2;3-2(4,5)1(6)7/h8-13,16-17,24H,4-7,14-15,18-19H2,1-3H3,(H3,32,33)(H,34,37)(H,35,39);(H,6,7)/t24-;/m0./s1. The average Bonchev–Trinajstić information content (AvgIpc) is 3.63. The maximum absolute atomic E-state index is 13.2. The zero-order valence-electron chi connectivity index (χ0n) is 28.9. The Morgan fingerprint density at radius 2 is 1.57 bits per heavy atom. The van der Waals surface area contributed by atoms with Crippen LogP contribution >= 0.6 is 0 Å². The summed E-state index contributed by atoms with van der Waals surface area (Å²) in [6.07, 6.45) is -2.43. The molecule has 16 nitrogen and oxygen atoms in total. The third-order valence-electron chi connectivity index (χ3n) is 6.99. The van der Waals surface area contributed by atoms with E-state index >= 15 is 0 Å². The lowest BCUT2D eigenvalue weighted by molar-refractivity contribution is -0.192. The third-order valence-corrected chi connectivity index (χ3v) is 8.90. The number of hydrogen-bond acceptors (Lipinski definition) is 11. The Kier molecular flexibility index (Phi) is 16.4. The van der Waals surface area contributed by atoms with Crippen LogP contribution in [0.5, 0.6) is 5.75 Å². The maximum Gasteiger partial charge on any atom is 0.490 e. The van der Waals surface area contributed by atoms with Crippen molar-refractivity contribution < 1.29 is 64.9 Å². The maximum atomic E-state index is 13.2. The van der Waals surface area contributed by atoms with Gasteiger partial charge in [0, 0.05) is 36.7 Å². The van der Waals surface area contributed by atoms with Crippen LogP contribution in [0, 0.1) is 5.41 Å². The minimum atomic E-state index is -5.08. The van der Waals surface area contributed by atoms with E-state index in [1.54, 1.807) is 13.8 Å². The summed E-state index contributed by atoms with van der Waals surface area (Å²) in [5.74, 6) is -5.38. The van der Waals surface area contributed by atoms with Crippen molar-refractivity contribution in [2.75, 3.05) is 32.9 Å². The molecule has 0 saturated carbocycles. The first-order valence-corrected chi connectivity index (χ1v) is 17.4. The smallest absolute Gasteiger partial charge is 0.490 e. The van der Waals surface area contributed by atoms with E-state index in [1.807, 2.05) is 0 Å². The van der Waals surface area contributed by atoms with Gasteiger partial charge in [-0.3, -0.25) is 19.8 Å².